The Hall–Kier alpha value is -1.94. The first-order valence-electron chi connectivity index (χ1n) is 7.33. The summed E-state index contributed by atoms with van der Waals surface area (Å²) in [5, 5.41) is 3.38. The molecule has 2 aromatic rings. The zero-order valence-corrected chi connectivity index (χ0v) is 13.2. The van der Waals surface area contributed by atoms with Crippen molar-refractivity contribution in [2.24, 2.45) is 0 Å². The van der Waals surface area contributed by atoms with Crippen molar-refractivity contribution < 1.29 is 4.74 Å². The fraction of sp³-hybridized carbons (Fsp3) is 0.412. The predicted octanol–water partition coefficient (Wildman–Crippen LogP) is 3.73. The molecule has 1 aromatic heterocycles. The van der Waals surface area contributed by atoms with E-state index in [1.165, 1.54) is 0 Å². The van der Waals surface area contributed by atoms with Crippen LogP contribution in [-0.2, 0) is 11.3 Å². The molecule has 0 saturated carbocycles. The summed E-state index contributed by atoms with van der Waals surface area (Å²) >= 11 is 0. The van der Waals surface area contributed by atoms with Crippen molar-refractivity contribution in [2.75, 3.05) is 19.0 Å². The summed E-state index contributed by atoms with van der Waals surface area (Å²) in [6.45, 7) is 7.74. The zero-order chi connectivity index (χ0) is 15.2. The smallest absolute Gasteiger partial charge is 0.161 e. The average molecular weight is 285 g/mol. The molecule has 0 spiro atoms. The number of benzene rings is 1. The van der Waals surface area contributed by atoms with E-state index in [2.05, 4.69) is 35.2 Å². The van der Waals surface area contributed by atoms with Gasteiger partial charge in [0.2, 0.25) is 0 Å². The number of hydrogen-bond donors (Lipinski definition) is 1. The summed E-state index contributed by atoms with van der Waals surface area (Å²) in [6.07, 6.45) is 1.07. The Morgan fingerprint density at radius 2 is 2.00 bits per heavy atom. The largest absolute Gasteiger partial charge is 0.380 e. The van der Waals surface area contributed by atoms with E-state index in [-0.39, 0.29) is 0 Å². The van der Waals surface area contributed by atoms with Crippen LogP contribution in [-0.4, -0.2) is 23.6 Å². The highest BCUT2D eigenvalue weighted by Crippen LogP contribution is 2.22. The van der Waals surface area contributed by atoms with Gasteiger partial charge < -0.3 is 10.1 Å². The van der Waals surface area contributed by atoms with Gasteiger partial charge in [0.25, 0.3) is 0 Å². The van der Waals surface area contributed by atoms with Gasteiger partial charge in [-0.1, -0.05) is 25.1 Å². The predicted molar refractivity (Wildman–Crippen MR) is 86.4 cm³/mol. The van der Waals surface area contributed by atoms with Crippen LogP contribution in [0.25, 0.3) is 11.4 Å². The molecule has 1 aromatic carbocycles. The standard InChI is InChI=1S/C17H23N3O/c1-5-9-18-16-12(2)13(3)19-17(20-16)15-8-6-7-14(10-15)11-21-4/h6-8,10H,5,9,11H2,1-4H3,(H,18,19,20). The Bertz CT molecular complexity index is 611. The molecule has 0 bridgehead atoms. The van der Waals surface area contributed by atoms with Crippen LogP contribution in [0.4, 0.5) is 5.82 Å². The van der Waals surface area contributed by atoms with Crippen molar-refractivity contribution in [1.82, 2.24) is 9.97 Å². The lowest BCUT2D eigenvalue weighted by Crippen LogP contribution is -2.07. The van der Waals surface area contributed by atoms with Gasteiger partial charge in [-0.05, 0) is 31.9 Å². The van der Waals surface area contributed by atoms with E-state index in [0.29, 0.717) is 6.61 Å². The SMILES string of the molecule is CCCNc1nc(-c2cccc(COC)c2)nc(C)c1C. The minimum Gasteiger partial charge on any atom is -0.380 e. The lowest BCUT2D eigenvalue weighted by Gasteiger charge is -2.12. The molecule has 21 heavy (non-hydrogen) atoms. The molecule has 0 atom stereocenters. The van der Waals surface area contributed by atoms with Gasteiger partial charge in [0.1, 0.15) is 5.82 Å². The molecule has 1 heterocycles. The maximum Gasteiger partial charge on any atom is 0.161 e. The maximum atomic E-state index is 5.19. The summed E-state index contributed by atoms with van der Waals surface area (Å²) < 4.78 is 5.19. The monoisotopic (exact) mass is 285 g/mol. The van der Waals surface area contributed by atoms with E-state index in [1.54, 1.807) is 7.11 Å². The number of nitrogens with one attached hydrogen (secondary N) is 1. The molecule has 4 heteroatoms. The van der Waals surface area contributed by atoms with Gasteiger partial charge in [0.05, 0.1) is 6.61 Å². The third-order valence-corrected chi connectivity index (χ3v) is 3.43. The summed E-state index contributed by atoms with van der Waals surface area (Å²) in [5.41, 5.74) is 4.27. The van der Waals surface area contributed by atoms with Gasteiger partial charge in [0, 0.05) is 30.5 Å². The molecule has 0 amide bonds. The van der Waals surface area contributed by atoms with Crippen molar-refractivity contribution >= 4 is 5.82 Å². The number of hydrogen-bond acceptors (Lipinski definition) is 4. The Kier molecular flexibility index (Phi) is 5.28. The highest BCUT2D eigenvalue weighted by Gasteiger charge is 2.09. The number of anilines is 1. The number of ether oxygens (including phenoxy) is 1. The molecule has 0 aliphatic carbocycles. The first kappa shape index (κ1) is 15.4. The van der Waals surface area contributed by atoms with Crippen LogP contribution in [0.3, 0.4) is 0 Å². The van der Waals surface area contributed by atoms with Gasteiger partial charge in [-0.15, -0.1) is 0 Å². The fourth-order valence-electron chi connectivity index (χ4n) is 2.14. The van der Waals surface area contributed by atoms with E-state index in [0.717, 1.165) is 47.0 Å². The molecule has 0 aliphatic rings. The van der Waals surface area contributed by atoms with Crippen molar-refractivity contribution in [1.29, 1.82) is 0 Å². The van der Waals surface area contributed by atoms with E-state index >= 15 is 0 Å². The molecule has 0 radical (unpaired) electrons. The van der Waals surface area contributed by atoms with Crippen LogP contribution in [0.2, 0.25) is 0 Å². The van der Waals surface area contributed by atoms with E-state index in [4.69, 9.17) is 4.74 Å². The molecule has 0 saturated heterocycles. The molecule has 1 N–H and O–H groups in total. The number of rotatable bonds is 6. The van der Waals surface area contributed by atoms with Crippen LogP contribution in [0.15, 0.2) is 24.3 Å². The first-order chi connectivity index (χ1) is 10.2. The van der Waals surface area contributed by atoms with E-state index in [1.807, 2.05) is 25.1 Å². The number of methoxy groups -OCH3 is 1. The third kappa shape index (κ3) is 3.79. The summed E-state index contributed by atoms with van der Waals surface area (Å²) in [7, 11) is 1.70. The van der Waals surface area contributed by atoms with Gasteiger partial charge >= 0.3 is 0 Å². The molecule has 4 nitrogen and oxygen atoms in total. The third-order valence-electron chi connectivity index (χ3n) is 3.43. The molecular weight excluding hydrogens is 262 g/mol. The number of aryl methyl sites for hydroxylation is 1. The van der Waals surface area contributed by atoms with Crippen molar-refractivity contribution in [3.63, 3.8) is 0 Å². The van der Waals surface area contributed by atoms with Crippen LogP contribution in [0.1, 0.15) is 30.2 Å². The minimum absolute atomic E-state index is 0.597. The molecule has 0 fully saturated rings. The quantitative estimate of drug-likeness (QED) is 0.878. The van der Waals surface area contributed by atoms with Crippen LogP contribution in [0, 0.1) is 13.8 Å². The van der Waals surface area contributed by atoms with Gasteiger partial charge in [-0.3, -0.25) is 0 Å². The van der Waals surface area contributed by atoms with Crippen LogP contribution in [0.5, 0.6) is 0 Å². The summed E-state index contributed by atoms with van der Waals surface area (Å²) in [6, 6.07) is 8.18. The average Bonchev–Trinajstić information content (AvgIpc) is 2.49. The Morgan fingerprint density at radius 3 is 2.71 bits per heavy atom. The zero-order valence-electron chi connectivity index (χ0n) is 13.2. The molecule has 112 valence electrons. The van der Waals surface area contributed by atoms with Crippen molar-refractivity contribution in [2.45, 2.75) is 33.8 Å². The topological polar surface area (TPSA) is 47.0 Å². The Balaban J connectivity index is 2.39. The number of nitrogens with zero attached hydrogens (tertiary/aromatic N) is 2. The van der Waals surface area contributed by atoms with E-state index < -0.39 is 0 Å². The Labute approximate surface area is 126 Å². The normalized spacial score (nSPS) is 10.7. The molecule has 0 unspecified atom stereocenters. The van der Waals surface area contributed by atoms with Crippen molar-refractivity contribution in [3.8, 4) is 11.4 Å². The van der Waals surface area contributed by atoms with Crippen LogP contribution < -0.4 is 5.32 Å². The first-order valence-corrected chi connectivity index (χ1v) is 7.33. The fourth-order valence-corrected chi connectivity index (χ4v) is 2.14. The highest BCUT2D eigenvalue weighted by molar-refractivity contribution is 5.60. The van der Waals surface area contributed by atoms with Gasteiger partial charge in [0.15, 0.2) is 5.82 Å². The molecular formula is C17H23N3O. The maximum absolute atomic E-state index is 5.19. The van der Waals surface area contributed by atoms with Gasteiger partial charge in [-0.2, -0.15) is 0 Å². The van der Waals surface area contributed by atoms with Crippen LogP contribution >= 0.6 is 0 Å². The lowest BCUT2D eigenvalue weighted by atomic mass is 10.1. The number of aromatic nitrogens is 2. The second kappa shape index (κ2) is 7.18. The molecule has 0 aliphatic heterocycles. The highest BCUT2D eigenvalue weighted by atomic mass is 16.5. The summed E-state index contributed by atoms with van der Waals surface area (Å²) in [5.74, 6) is 1.69. The summed E-state index contributed by atoms with van der Waals surface area (Å²) in [4.78, 5) is 9.30. The minimum atomic E-state index is 0.597. The second-order valence-corrected chi connectivity index (χ2v) is 5.17. The van der Waals surface area contributed by atoms with Gasteiger partial charge in [-0.25, -0.2) is 9.97 Å². The van der Waals surface area contributed by atoms with Crippen molar-refractivity contribution in [3.05, 3.63) is 41.1 Å². The van der Waals surface area contributed by atoms with E-state index in [9.17, 15) is 0 Å². The second-order valence-electron chi connectivity index (χ2n) is 5.17. The lowest BCUT2D eigenvalue weighted by molar-refractivity contribution is 0.185. The molecule has 2 rings (SSSR count). The Morgan fingerprint density at radius 1 is 1.19 bits per heavy atom.